The molecule has 1 saturated carbocycles. The number of rotatable bonds is 8. The zero-order chi connectivity index (χ0) is 23.1. The molecule has 1 aliphatic carbocycles. The quantitative estimate of drug-likeness (QED) is 0.552. The van der Waals surface area contributed by atoms with Gasteiger partial charge in [-0.2, -0.15) is 0 Å². The summed E-state index contributed by atoms with van der Waals surface area (Å²) in [5, 5.41) is 3.45. The highest BCUT2D eigenvalue weighted by Crippen LogP contribution is 2.28. The number of nitrogens with one attached hydrogen (secondary N) is 1. The second kappa shape index (κ2) is 11.0. The summed E-state index contributed by atoms with van der Waals surface area (Å²) >= 11 is 6.01. The number of nitrogens with two attached hydrogens (primary N) is 1. The number of nitrogens with zero attached hydrogens (tertiary/aromatic N) is 1. The molecule has 172 valence electrons. The van der Waals surface area contributed by atoms with Crippen molar-refractivity contribution in [3.05, 3.63) is 64.7 Å². The Balaban J connectivity index is 1.75. The summed E-state index contributed by atoms with van der Waals surface area (Å²) in [4.78, 5) is 27.9. The number of hydrogen-bond acceptors (Lipinski definition) is 3. The normalized spacial score (nSPS) is 14.8. The molecule has 0 aliphatic heterocycles. The third kappa shape index (κ3) is 6.81. The maximum absolute atomic E-state index is 13.4. The van der Waals surface area contributed by atoms with Gasteiger partial charge in [0.05, 0.1) is 0 Å². The van der Waals surface area contributed by atoms with Crippen LogP contribution in [0.4, 0.5) is 5.69 Å². The molecule has 2 aromatic rings. The van der Waals surface area contributed by atoms with Crippen LogP contribution in [0.3, 0.4) is 0 Å². The molecule has 0 heterocycles. The molecule has 1 aliphatic rings. The third-order valence-corrected chi connectivity index (χ3v) is 6.32. The predicted octanol–water partition coefficient (Wildman–Crippen LogP) is 5.49. The van der Waals surface area contributed by atoms with Crippen LogP contribution in [0.5, 0.6) is 0 Å². The fourth-order valence-corrected chi connectivity index (χ4v) is 4.39. The molecule has 0 atom stereocenters. The van der Waals surface area contributed by atoms with Crippen LogP contribution in [-0.4, -0.2) is 29.8 Å². The molecule has 3 N–H and O–H groups in total. The summed E-state index contributed by atoms with van der Waals surface area (Å²) in [5.74, 6) is 0.103. The largest absolute Gasteiger partial charge is 0.338 e. The second-order valence-corrected chi connectivity index (χ2v) is 10.00. The van der Waals surface area contributed by atoms with Gasteiger partial charge in [-0.15, -0.1) is 0 Å². The van der Waals surface area contributed by atoms with Crippen LogP contribution in [0.1, 0.15) is 61.9 Å². The molecule has 5 nitrogen and oxygen atoms in total. The molecule has 0 radical (unpaired) electrons. The average Bonchev–Trinajstić information content (AvgIpc) is 2.79. The fraction of sp³-hybridized carbons (Fsp3) is 0.462. The zero-order valence-electron chi connectivity index (χ0n) is 19.1. The Kier molecular flexibility index (Phi) is 8.32. The van der Waals surface area contributed by atoms with Crippen LogP contribution in [0, 0.1) is 11.3 Å². The Hall–Kier alpha value is -2.37. The van der Waals surface area contributed by atoms with Gasteiger partial charge >= 0.3 is 0 Å². The predicted molar refractivity (Wildman–Crippen MR) is 131 cm³/mol. The van der Waals surface area contributed by atoms with Crippen molar-refractivity contribution in [2.24, 2.45) is 17.1 Å². The van der Waals surface area contributed by atoms with Crippen molar-refractivity contribution in [3.8, 4) is 0 Å². The van der Waals surface area contributed by atoms with Crippen molar-refractivity contribution in [3.63, 3.8) is 0 Å². The SMILES string of the molecule is CC(C)(CN)CN(Cc1cccc(NC(=O)c2cccc(Cl)c2)c1)C(=O)C1CCCCC1. The van der Waals surface area contributed by atoms with Crippen LogP contribution >= 0.6 is 11.6 Å². The molecule has 0 spiro atoms. The minimum Gasteiger partial charge on any atom is -0.338 e. The van der Waals surface area contributed by atoms with Gasteiger partial charge in [-0.05, 0) is 60.7 Å². The van der Waals surface area contributed by atoms with Gasteiger partial charge in [-0.25, -0.2) is 0 Å². The highest BCUT2D eigenvalue weighted by molar-refractivity contribution is 6.31. The lowest BCUT2D eigenvalue weighted by atomic mass is 9.86. The van der Waals surface area contributed by atoms with Gasteiger partial charge in [-0.1, -0.05) is 62.9 Å². The third-order valence-electron chi connectivity index (χ3n) is 6.08. The van der Waals surface area contributed by atoms with E-state index in [1.807, 2.05) is 29.2 Å². The van der Waals surface area contributed by atoms with E-state index in [1.165, 1.54) is 6.42 Å². The Morgan fingerprint density at radius 1 is 1.09 bits per heavy atom. The highest BCUT2D eigenvalue weighted by atomic mass is 35.5. The van der Waals surface area contributed by atoms with E-state index in [-0.39, 0.29) is 23.1 Å². The lowest BCUT2D eigenvalue weighted by Gasteiger charge is -2.35. The number of anilines is 1. The highest BCUT2D eigenvalue weighted by Gasteiger charge is 2.30. The van der Waals surface area contributed by atoms with E-state index in [9.17, 15) is 9.59 Å². The Bertz CT molecular complexity index is 938. The number of amides is 2. The Morgan fingerprint density at radius 2 is 1.81 bits per heavy atom. The topological polar surface area (TPSA) is 75.4 Å². The van der Waals surface area contributed by atoms with Gasteiger partial charge in [-0.3, -0.25) is 9.59 Å². The van der Waals surface area contributed by atoms with E-state index in [4.69, 9.17) is 17.3 Å². The first-order chi connectivity index (χ1) is 15.3. The molecule has 0 aromatic heterocycles. The maximum atomic E-state index is 13.4. The summed E-state index contributed by atoms with van der Waals surface area (Å²) < 4.78 is 0. The van der Waals surface area contributed by atoms with Gasteiger partial charge in [0.15, 0.2) is 0 Å². The summed E-state index contributed by atoms with van der Waals surface area (Å²) in [6.45, 7) is 5.81. The van der Waals surface area contributed by atoms with Crippen LogP contribution in [0.15, 0.2) is 48.5 Å². The van der Waals surface area contributed by atoms with Crippen LogP contribution in [0.2, 0.25) is 5.02 Å². The zero-order valence-corrected chi connectivity index (χ0v) is 19.8. The molecule has 32 heavy (non-hydrogen) atoms. The van der Waals surface area contributed by atoms with Crippen molar-refractivity contribution in [1.29, 1.82) is 0 Å². The van der Waals surface area contributed by atoms with E-state index < -0.39 is 0 Å². The molecule has 0 unspecified atom stereocenters. The van der Waals surface area contributed by atoms with Crippen molar-refractivity contribution < 1.29 is 9.59 Å². The van der Waals surface area contributed by atoms with Crippen LogP contribution in [0.25, 0.3) is 0 Å². The van der Waals surface area contributed by atoms with E-state index in [1.54, 1.807) is 24.3 Å². The second-order valence-electron chi connectivity index (χ2n) is 9.56. The lowest BCUT2D eigenvalue weighted by Crippen LogP contribution is -2.44. The molecule has 3 rings (SSSR count). The van der Waals surface area contributed by atoms with Gasteiger partial charge in [0.25, 0.3) is 5.91 Å². The van der Waals surface area contributed by atoms with E-state index in [0.29, 0.717) is 35.9 Å². The van der Waals surface area contributed by atoms with Crippen molar-refractivity contribution in [2.75, 3.05) is 18.4 Å². The average molecular weight is 456 g/mol. The fourth-order valence-electron chi connectivity index (χ4n) is 4.20. The molecule has 2 amide bonds. The van der Waals surface area contributed by atoms with E-state index in [2.05, 4.69) is 19.2 Å². The first-order valence-electron chi connectivity index (χ1n) is 11.4. The molecule has 0 bridgehead atoms. The van der Waals surface area contributed by atoms with Gasteiger partial charge in [0.1, 0.15) is 0 Å². The van der Waals surface area contributed by atoms with Gasteiger partial charge in [0, 0.05) is 35.3 Å². The minimum absolute atomic E-state index is 0.100. The summed E-state index contributed by atoms with van der Waals surface area (Å²) in [7, 11) is 0. The Labute approximate surface area is 196 Å². The van der Waals surface area contributed by atoms with Gasteiger partial charge < -0.3 is 16.0 Å². The number of carbonyl (C=O) groups excluding carboxylic acids is 2. The van der Waals surface area contributed by atoms with Crippen LogP contribution < -0.4 is 11.1 Å². The molecule has 2 aromatic carbocycles. The standard InChI is InChI=1S/C26H34ClN3O2/c1-26(2,17-28)18-30(25(32)20-9-4-3-5-10-20)16-19-8-6-13-23(14-19)29-24(31)21-11-7-12-22(27)15-21/h6-8,11-15,20H,3-5,9-10,16-18,28H2,1-2H3,(H,29,31). The number of benzene rings is 2. The summed E-state index contributed by atoms with van der Waals surface area (Å²) in [5.41, 5.74) is 7.98. The molecule has 0 saturated heterocycles. The Morgan fingerprint density at radius 3 is 2.50 bits per heavy atom. The first-order valence-corrected chi connectivity index (χ1v) is 11.8. The maximum Gasteiger partial charge on any atom is 0.255 e. The molecule has 1 fully saturated rings. The van der Waals surface area contributed by atoms with Crippen molar-refractivity contribution >= 4 is 29.1 Å². The smallest absolute Gasteiger partial charge is 0.255 e. The number of halogens is 1. The lowest BCUT2D eigenvalue weighted by molar-refractivity contribution is -0.138. The van der Waals surface area contributed by atoms with Gasteiger partial charge in [0.2, 0.25) is 5.91 Å². The summed E-state index contributed by atoms with van der Waals surface area (Å²) in [6, 6.07) is 14.5. The molecular formula is C26H34ClN3O2. The number of hydrogen-bond donors (Lipinski definition) is 2. The van der Waals surface area contributed by atoms with E-state index in [0.717, 1.165) is 31.2 Å². The summed E-state index contributed by atoms with van der Waals surface area (Å²) in [6.07, 6.45) is 5.39. The van der Waals surface area contributed by atoms with Crippen molar-refractivity contribution in [2.45, 2.75) is 52.5 Å². The monoisotopic (exact) mass is 455 g/mol. The molecule has 6 heteroatoms. The van der Waals surface area contributed by atoms with E-state index >= 15 is 0 Å². The van der Waals surface area contributed by atoms with Crippen LogP contribution in [-0.2, 0) is 11.3 Å². The molecular weight excluding hydrogens is 422 g/mol. The first kappa shape index (κ1) is 24.3. The number of carbonyl (C=O) groups is 2. The van der Waals surface area contributed by atoms with Crippen molar-refractivity contribution in [1.82, 2.24) is 4.90 Å². The minimum atomic E-state index is -0.218.